The molecule has 27 heavy (non-hydrogen) atoms. The predicted octanol–water partition coefficient (Wildman–Crippen LogP) is 2.57. The maximum Gasteiger partial charge on any atom is 0.271 e. The summed E-state index contributed by atoms with van der Waals surface area (Å²) in [6.07, 6.45) is 3.82. The van der Waals surface area contributed by atoms with E-state index in [1.165, 1.54) is 0 Å². The minimum Gasteiger partial charge on any atom is -0.487 e. The van der Waals surface area contributed by atoms with Gasteiger partial charge in [-0.3, -0.25) is 9.48 Å². The van der Waals surface area contributed by atoms with Crippen molar-refractivity contribution in [3.05, 3.63) is 58.6 Å². The van der Waals surface area contributed by atoms with Crippen molar-refractivity contribution in [2.45, 2.75) is 19.4 Å². The van der Waals surface area contributed by atoms with Gasteiger partial charge in [-0.1, -0.05) is 11.6 Å². The molecular formula is C19H18ClN5O2. The third-order valence-corrected chi connectivity index (χ3v) is 4.72. The van der Waals surface area contributed by atoms with Gasteiger partial charge in [0.15, 0.2) is 5.82 Å². The normalized spacial score (nSPS) is 15.3. The highest BCUT2D eigenvalue weighted by atomic mass is 35.5. The molecule has 3 aromatic rings. The lowest BCUT2D eigenvalue weighted by molar-refractivity contribution is 0.0928. The Morgan fingerprint density at radius 3 is 2.81 bits per heavy atom. The number of amides is 1. The Balaban J connectivity index is 1.49. The number of benzene rings is 1. The molecule has 0 fully saturated rings. The van der Waals surface area contributed by atoms with Gasteiger partial charge in [0.2, 0.25) is 0 Å². The van der Waals surface area contributed by atoms with Gasteiger partial charge in [-0.2, -0.15) is 5.10 Å². The monoisotopic (exact) mass is 383 g/mol. The highest BCUT2D eigenvalue weighted by molar-refractivity contribution is 6.31. The van der Waals surface area contributed by atoms with Crippen LogP contribution in [0.4, 0.5) is 0 Å². The van der Waals surface area contributed by atoms with Crippen LogP contribution in [0.25, 0.3) is 11.4 Å². The van der Waals surface area contributed by atoms with Gasteiger partial charge in [-0.25, -0.2) is 9.97 Å². The lowest BCUT2D eigenvalue weighted by Crippen LogP contribution is -2.34. The van der Waals surface area contributed by atoms with Crippen LogP contribution >= 0.6 is 11.6 Å². The van der Waals surface area contributed by atoms with E-state index in [2.05, 4.69) is 20.4 Å². The second kappa shape index (κ2) is 7.00. The number of aromatic nitrogens is 4. The zero-order valence-electron chi connectivity index (χ0n) is 14.9. The average molecular weight is 384 g/mol. The second-order valence-electron chi connectivity index (χ2n) is 6.46. The number of ether oxygens (including phenoxy) is 1. The summed E-state index contributed by atoms with van der Waals surface area (Å²) in [7, 11) is 1.81. The first kappa shape index (κ1) is 17.5. The van der Waals surface area contributed by atoms with Crippen LogP contribution in [-0.2, 0) is 13.5 Å². The van der Waals surface area contributed by atoms with Crippen LogP contribution in [0.1, 0.15) is 21.7 Å². The zero-order chi connectivity index (χ0) is 19.0. The van der Waals surface area contributed by atoms with E-state index < -0.39 is 0 Å². The lowest BCUT2D eigenvalue weighted by Gasteiger charge is -2.12. The maximum atomic E-state index is 12.3. The molecule has 1 aromatic carbocycles. The van der Waals surface area contributed by atoms with Gasteiger partial charge in [0.1, 0.15) is 17.5 Å². The number of aryl methyl sites for hydroxylation is 2. The summed E-state index contributed by atoms with van der Waals surface area (Å²) in [5.41, 5.74) is 3.06. The van der Waals surface area contributed by atoms with E-state index in [0.29, 0.717) is 29.5 Å². The number of hydrogen-bond acceptors (Lipinski definition) is 5. The minimum atomic E-state index is -0.220. The fourth-order valence-electron chi connectivity index (χ4n) is 3.08. The van der Waals surface area contributed by atoms with Gasteiger partial charge in [-0.15, -0.1) is 0 Å². The third kappa shape index (κ3) is 3.50. The van der Waals surface area contributed by atoms with E-state index in [0.717, 1.165) is 22.6 Å². The standard InChI is InChI=1S/C19H18ClN5O2/c1-11-6-16(24-25(11)2)19(26)23-10-14-8-12-7-13(20)9-15(17(12)27-14)18-21-4-3-5-22-18/h3-7,9,14H,8,10H2,1-2H3,(H,23,26). The maximum absolute atomic E-state index is 12.3. The molecule has 1 amide bonds. The summed E-state index contributed by atoms with van der Waals surface area (Å²) < 4.78 is 7.76. The molecule has 4 rings (SSSR count). The zero-order valence-corrected chi connectivity index (χ0v) is 15.7. The predicted molar refractivity (Wildman–Crippen MR) is 101 cm³/mol. The number of hydrogen-bond donors (Lipinski definition) is 1. The van der Waals surface area contributed by atoms with E-state index in [9.17, 15) is 4.79 Å². The molecule has 0 saturated heterocycles. The lowest BCUT2D eigenvalue weighted by atomic mass is 10.1. The Morgan fingerprint density at radius 1 is 1.33 bits per heavy atom. The van der Waals surface area contributed by atoms with Crippen molar-refractivity contribution in [1.82, 2.24) is 25.1 Å². The number of halogens is 1. The molecule has 2 aromatic heterocycles. The molecule has 7 nitrogen and oxygen atoms in total. The summed E-state index contributed by atoms with van der Waals surface area (Å²) in [4.78, 5) is 20.9. The van der Waals surface area contributed by atoms with Crippen molar-refractivity contribution in [1.29, 1.82) is 0 Å². The van der Waals surface area contributed by atoms with Crippen molar-refractivity contribution in [2.24, 2.45) is 7.05 Å². The Labute approximate surface area is 161 Å². The van der Waals surface area contributed by atoms with E-state index in [4.69, 9.17) is 16.3 Å². The van der Waals surface area contributed by atoms with E-state index in [1.54, 1.807) is 42.3 Å². The van der Waals surface area contributed by atoms with E-state index in [-0.39, 0.29) is 12.0 Å². The second-order valence-corrected chi connectivity index (χ2v) is 6.90. The fourth-order valence-corrected chi connectivity index (χ4v) is 3.32. The highest BCUT2D eigenvalue weighted by Gasteiger charge is 2.28. The van der Waals surface area contributed by atoms with Gasteiger partial charge < -0.3 is 10.1 Å². The van der Waals surface area contributed by atoms with Crippen LogP contribution in [0.15, 0.2) is 36.7 Å². The van der Waals surface area contributed by atoms with Gasteiger partial charge in [0.05, 0.1) is 12.1 Å². The molecule has 1 aliphatic rings. The molecule has 0 bridgehead atoms. The van der Waals surface area contributed by atoms with Gasteiger partial charge in [0.25, 0.3) is 5.91 Å². The van der Waals surface area contributed by atoms with Crippen LogP contribution in [0.3, 0.4) is 0 Å². The van der Waals surface area contributed by atoms with Crippen molar-refractivity contribution >= 4 is 17.5 Å². The van der Waals surface area contributed by atoms with Crippen LogP contribution in [-0.4, -0.2) is 38.3 Å². The van der Waals surface area contributed by atoms with Crippen molar-refractivity contribution in [2.75, 3.05) is 6.54 Å². The molecule has 8 heteroatoms. The molecule has 3 heterocycles. The minimum absolute atomic E-state index is 0.185. The molecule has 0 spiro atoms. The third-order valence-electron chi connectivity index (χ3n) is 4.51. The number of carbonyl (C=O) groups is 1. The smallest absolute Gasteiger partial charge is 0.271 e. The largest absolute Gasteiger partial charge is 0.487 e. The highest BCUT2D eigenvalue weighted by Crippen LogP contribution is 2.39. The molecule has 1 aliphatic heterocycles. The Bertz CT molecular complexity index is 983. The molecule has 0 radical (unpaired) electrons. The average Bonchev–Trinajstić information content (AvgIpc) is 3.22. The molecule has 0 aliphatic carbocycles. The quantitative estimate of drug-likeness (QED) is 0.748. The summed E-state index contributed by atoms with van der Waals surface area (Å²) >= 11 is 6.26. The summed E-state index contributed by atoms with van der Waals surface area (Å²) in [6.45, 7) is 2.27. The van der Waals surface area contributed by atoms with E-state index >= 15 is 0 Å². The summed E-state index contributed by atoms with van der Waals surface area (Å²) in [6, 6.07) is 7.19. The topological polar surface area (TPSA) is 81.9 Å². The Hall–Kier alpha value is -2.93. The van der Waals surface area contributed by atoms with Gasteiger partial charge >= 0.3 is 0 Å². The van der Waals surface area contributed by atoms with Gasteiger partial charge in [0, 0.05) is 42.1 Å². The van der Waals surface area contributed by atoms with Crippen molar-refractivity contribution in [3.8, 4) is 17.1 Å². The Kier molecular flexibility index (Phi) is 4.53. The number of nitrogens with zero attached hydrogens (tertiary/aromatic N) is 4. The van der Waals surface area contributed by atoms with Gasteiger partial charge in [-0.05, 0) is 31.2 Å². The number of carbonyl (C=O) groups excluding carboxylic acids is 1. The molecular weight excluding hydrogens is 366 g/mol. The number of rotatable bonds is 4. The molecule has 138 valence electrons. The molecule has 1 N–H and O–H groups in total. The van der Waals surface area contributed by atoms with Crippen LogP contribution < -0.4 is 10.1 Å². The molecule has 1 unspecified atom stereocenters. The van der Waals surface area contributed by atoms with Crippen molar-refractivity contribution in [3.63, 3.8) is 0 Å². The SMILES string of the molecule is Cc1cc(C(=O)NCC2Cc3cc(Cl)cc(-c4ncccn4)c3O2)nn1C. The summed E-state index contributed by atoms with van der Waals surface area (Å²) in [5.74, 6) is 1.06. The molecule has 0 saturated carbocycles. The van der Waals surface area contributed by atoms with Crippen LogP contribution in [0.5, 0.6) is 5.75 Å². The van der Waals surface area contributed by atoms with E-state index in [1.807, 2.05) is 13.0 Å². The first-order valence-electron chi connectivity index (χ1n) is 8.56. The summed E-state index contributed by atoms with van der Waals surface area (Å²) in [5, 5.41) is 7.68. The van der Waals surface area contributed by atoms with Crippen LogP contribution in [0, 0.1) is 6.92 Å². The molecule has 1 atom stereocenters. The first-order chi connectivity index (χ1) is 13.0. The number of nitrogens with one attached hydrogen (secondary N) is 1. The Morgan fingerprint density at radius 2 is 2.11 bits per heavy atom. The number of fused-ring (bicyclic) bond motifs is 1. The fraction of sp³-hybridized carbons (Fsp3) is 0.263. The van der Waals surface area contributed by atoms with Crippen molar-refractivity contribution < 1.29 is 9.53 Å². The van der Waals surface area contributed by atoms with Crippen LogP contribution in [0.2, 0.25) is 5.02 Å². The first-order valence-corrected chi connectivity index (χ1v) is 8.94.